The number of carbonyl (C=O) groups excluding carboxylic acids is 1. The van der Waals surface area contributed by atoms with E-state index in [1.807, 2.05) is 0 Å². The third-order valence-electron chi connectivity index (χ3n) is 2.72. The number of aryl methyl sites for hydroxylation is 1. The van der Waals surface area contributed by atoms with Gasteiger partial charge >= 0.3 is 5.97 Å². The van der Waals surface area contributed by atoms with Crippen LogP contribution in [0, 0.1) is 6.92 Å². The van der Waals surface area contributed by atoms with E-state index in [-0.39, 0.29) is 34.1 Å². The SMILES string of the molecule is CCOC(=O)c1c(C)oc2cc(Cl)c(OC)c(O)c12. The lowest BCUT2D eigenvalue weighted by Crippen LogP contribution is -2.05. The summed E-state index contributed by atoms with van der Waals surface area (Å²) in [6, 6.07) is 1.49. The van der Waals surface area contributed by atoms with Crippen LogP contribution in [0.15, 0.2) is 10.5 Å². The van der Waals surface area contributed by atoms with Crippen molar-refractivity contribution in [3.63, 3.8) is 0 Å². The summed E-state index contributed by atoms with van der Waals surface area (Å²) in [6.07, 6.45) is 0. The van der Waals surface area contributed by atoms with Crippen LogP contribution in [0.1, 0.15) is 23.0 Å². The normalized spacial score (nSPS) is 10.7. The molecule has 0 aliphatic rings. The average Bonchev–Trinajstić information content (AvgIpc) is 2.66. The van der Waals surface area contributed by atoms with E-state index in [0.717, 1.165) is 0 Å². The third-order valence-corrected chi connectivity index (χ3v) is 3.00. The van der Waals surface area contributed by atoms with Gasteiger partial charge in [-0.15, -0.1) is 0 Å². The number of phenolic OH excluding ortho intramolecular Hbond substituents is 1. The van der Waals surface area contributed by atoms with Gasteiger partial charge in [0.2, 0.25) is 0 Å². The van der Waals surface area contributed by atoms with Gasteiger partial charge in [-0.1, -0.05) is 11.6 Å². The maximum absolute atomic E-state index is 11.9. The van der Waals surface area contributed by atoms with E-state index in [9.17, 15) is 9.90 Å². The second kappa shape index (κ2) is 5.01. The topological polar surface area (TPSA) is 68.9 Å². The van der Waals surface area contributed by atoms with Gasteiger partial charge in [-0.2, -0.15) is 0 Å². The van der Waals surface area contributed by atoms with Crippen LogP contribution in [0.4, 0.5) is 0 Å². The molecule has 1 aromatic heterocycles. The molecule has 0 aliphatic carbocycles. The molecular weight excluding hydrogens is 272 g/mol. The second-order valence-electron chi connectivity index (χ2n) is 3.87. The number of halogens is 1. The molecule has 0 radical (unpaired) electrons. The first-order valence-electron chi connectivity index (χ1n) is 5.66. The van der Waals surface area contributed by atoms with Crippen molar-refractivity contribution in [2.45, 2.75) is 13.8 Å². The number of carbonyl (C=O) groups is 1. The van der Waals surface area contributed by atoms with Gasteiger partial charge in [-0.05, 0) is 13.8 Å². The Morgan fingerprint density at radius 2 is 2.21 bits per heavy atom. The lowest BCUT2D eigenvalue weighted by atomic mass is 10.1. The van der Waals surface area contributed by atoms with Gasteiger partial charge in [-0.25, -0.2) is 4.79 Å². The maximum atomic E-state index is 11.9. The first kappa shape index (κ1) is 13.5. The zero-order chi connectivity index (χ0) is 14.2. The highest BCUT2D eigenvalue weighted by atomic mass is 35.5. The first-order valence-corrected chi connectivity index (χ1v) is 6.04. The molecule has 0 saturated carbocycles. The Balaban J connectivity index is 2.78. The molecule has 0 fully saturated rings. The minimum absolute atomic E-state index is 0.0977. The Hall–Kier alpha value is -1.88. The molecule has 5 nitrogen and oxygen atoms in total. The number of ether oxygens (including phenoxy) is 2. The molecule has 0 spiro atoms. The largest absolute Gasteiger partial charge is 0.504 e. The van der Waals surface area contributed by atoms with E-state index >= 15 is 0 Å². The van der Waals surface area contributed by atoms with Gasteiger partial charge in [0.15, 0.2) is 11.5 Å². The smallest absolute Gasteiger partial charge is 0.342 e. The molecule has 0 saturated heterocycles. The van der Waals surface area contributed by atoms with Crippen LogP contribution in [0.5, 0.6) is 11.5 Å². The van der Waals surface area contributed by atoms with Crippen LogP contribution < -0.4 is 4.74 Å². The molecule has 1 heterocycles. The summed E-state index contributed by atoms with van der Waals surface area (Å²) >= 11 is 5.95. The molecule has 19 heavy (non-hydrogen) atoms. The number of furan rings is 1. The highest BCUT2D eigenvalue weighted by Crippen LogP contribution is 2.44. The van der Waals surface area contributed by atoms with Gasteiger partial charge in [0.1, 0.15) is 16.9 Å². The Morgan fingerprint density at radius 1 is 1.53 bits per heavy atom. The number of fused-ring (bicyclic) bond motifs is 1. The van der Waals surface area contributed by atoms with Gasteiger partial charge in [0.05, 0.1) is 24.1 Å². The quantitative estimate of drug-likeness (QED) is 0.876. The molecule has 0 aliphatic heterocycles. The molecule has 102 valence electrons. The molecule has 1 aromatic carbocycles. The van der Waals surface area contributed by atoms with Crippen molar-refractivity contribution < 1.29 is 23.8 Å². The molecule has 0 atom stereocenters. The predicted octanol–water partition coefficient (Wildman–Crippen LogP) is 3.29. The number of rotatable bonds is 3. The molecular formula is C13H13ClO5. The monoisotopic (exact) mass is 284 g/mol. The Labute approximate surface area is 114 Å². The summed E-state index contributed by atoms with van der Waals surface area (Å²) in [7, 11) is 1.38. The van der Waals surface area contributed by atoms with E-state index in [0.29, 0.717) is 11.3 Å². The van der Waals surface area contributed by atoms with Crippen LogP contribution >= 0.6 is 11.6 Å². The average molecular weight is 285 g/mol. The number of hydrogen-bond acceptors (Lipinski definition) is 5. The van der Waals surface area contributed by atoms with Gasteiger partial charge in [0, 0.05) is 6.07 Å². The number of benzene rings is 1. The molecule has 2 rings (SSSR count). The highest BCUT2D eigenvalue weighted by molar-refractivity contribution is 6.33. The molecule has 6 heteroatoms. The molecule has 1 N–H and O–H groups in total. The van der Waals surface area contributed by atoms with Crippen molar-refractivity contribution >= 4 is 28.5 Å². The predicted molar refractivity (Wildman–Crippen MR) is 70.1 cm³/mol. The van der Waals surface area contributed by atoms with Gasteiger partial charge in [0.25, 0.3) is 0 Å². The van der Waals surface area contributed by atoms with Crippen LogP contribution in [0.2, 0.25) is 5.02 Å². The second-order valence-corrected chi connectivity index (χ2v) is 4.27. The molecule has 0 bridgehead atoms. The molecule has 0 unspecified atom stereocenters. The number of methoxy groups -OCH3 is 1. The van der Waals surface area contributed by atoms with Crippen molar-refractivity contribution in [1.82, 2.24) is 0 Å². The maximum Gasteiger partial charge on any atom is 0.342 e. The summed E-state index contributed by atoms with van der Waals surface area (Å²) in [5.74, 6) is -0.336. The van der Waals surface area contributed by atoms with Crippen LogP contribution in [-0.2, 0) is 4.74 Å². The van der Waals surface area contributed by atoms with E-state index < -0.39 is 5.97 Å². The van der Waals surface area contributed by atoms with E-state index in [1.54, 1.807) is 13.8 Å². The fraction of sp³-hybridized carbons (Fsp3) is 0.308. The zero-order valence-corrected chi connectivity index (χ0v) is 11.5. The highest BCUT2D eigenvalue weighted by Gasteiger charge is 2.25. The van der Waals surface area contributed by atoms with Crippen LogP contribution in [0.25, 0.3) is 11.0 Å². The fourth-order valence-electron chi connectivity index (χ4n) is 1.95. The van der Waals surface area contributed by atoms with Crippen molar-refractivity contribution in [3.8, 4) is 11.5 Å². The summed E-state index contributed by atoms with van der Waals surface area (Å²) < 4.78 is 15.4. The molecule has 2 aromatic rings. The minimum atomic E-state index is -0.557. The lowest BCUT2D eigenvalue weighted by Gasteiger charge is -2.07. The third kappa shape index (κ3) is 2.10. The van der Waals surface area contributed by atoms with Gasteiger partial charge < -0.3 is 19.0 Å². The zero-order valence-electron chi connectivity index (χ0n) is 10.7. The fourth-order valence-corrected chi connectivity index (χ4v) is 2.22. The summed E-state index contributed by atoms with van der Waals surface area (Å²) in [5, 5.41) is 10.6. The Bertz CT molecular complexity index is 644. The van der Waals surface area contributed by atoms with Crippen molar-refractivity contribution in [2.24, 2.45) is 0 Å². The van der Waals surface area contributed by atoms with E-state index in [2.05, 4.69) is 0 Å². The first-order chi connectivity index (χ1) is 9.01. The number of aromatic hydroxyl groups is 1. The standard InChI is InChI=1S/C13H13ClO5/c1-4-18-13(16)9-6(2)19-8-5-7(14)12(17-3)11(15)10(8)9/h5,15H,4H2,1-3H3. The van der Waals surface area contributed by atoms with Crippen molar-refractivity contribution in [3.05, 3.63) is 22.4 Å². The summed E-state index contributed by atoms with van der Waals surface area (Å²) in [6.45, 7) is 3.55. The lowest BCUT2D eigenvalue weighted by molar-refractivity contribution is 0.0526. The molecule has 0 amide bonds. The summed E-state index contributed by atoms with van der Waals surface area (Å²) in [5.41, 5.74) is 0.494. The van der Waals surface area contributed by atoms with Crippen LogP contribution in [0.3, 0.4) is 0 Å². The van der Waals surface area contributed by atoms with Crippen LogP contribution in [-0.4, -0.2) is 24.8 Å². The van der Waals surface area contributed by atoms with Crippen molar-refractivity contribution in [1.29, 1.82) is 0 Å². The Morgan fingerprint density at radius 3 is 2.79 bits per heavy atom. The number of hydrogen-bond donors (Lipinski definition) is 1. The minimum Gasteiger partial charge on any atom is -0.504 e. The van der Waals surface area contributed by atoms with E-state index in [4.69, 9.17) is 25.5 Å². The van der Waals surface area contributed by atoms with E-state index in [1.165, 1.54) is 13.2 Å². The van der Waals surface area contributed by atoms with Crippen molar-refractivity contribution in [2.75, 3.05) is 13.7 Å². The number of phenols is 1. The van der Waals surface area contributed by atoms with Gasteiger partial charge in [-0.3, -0.25) is 0 Å². The summed E-state index contributed by atoms with van der Waals surface area (Å²) in [4.78, 5) is 11.9. The Kier molecular flexibility index (Phi) is 3.57. The number of esters is 1.